The van der Waals surface area contributed by atoms with Crippen LogP contribution in [0.5, 0.6) is 11.5 Å². The van der Waals surface area contributed by atoms with Crippen LogP contribution in [0.4, 0.5) is 0 Å². The van der Waals surface area contributed by atoms with Crippen molar-refractivity contribution < 1.29 is 14.3 Å². The molecule has 3 aromatic rings. The van der Waals surface area contributed by atoms with E-state index in [9.17, 15) is 4.79 Å². The van der Waals surface area contributed by atoms with Crippen LogP contribution in [0.25, 0.3) is 11.3 Å². The maximum atomic E-state index is 12.7. The summed E-state index contributed by atoms with van der Waals surface area (Å²) in [5.41, 5.74) is 2.97. The predicted octanol–water partition coefficient (Wildman–Crippen LogP) is 3.58. The Balaban J connectivity index is 1.79. The number of carbonyl (C=O) groups excluding carboxylic acids is 1. The van der Waals surface area contributed by atoms with Crippen molar-refractivity contribution in [3.05, 3.63) is 65.9 Å². The summed E-state index contributed by atoms with van der Waals surface area (Å²) in [5.74, 6) is 1.30. The van der Waals surface area contributed by atoms with Gasteiger partial charge in [0.15, 0.2) is 0 Å². The van der Waals surface area contributed by atoms with Crippen molar-refractivity contribution in [3.63, 3.8) is 0 Å². The number of rotatable bonds is 6. The molecule has 2 aromatic carbocycles. The molecule has 2 N–H and O–H groups in total. The third-order valence-corrected chi connectivity index (χ3v) is 4.21. The predicted molar refractivity (Wildman–Crippen MR) is 99.5 cm³/mol. The van der Waals surface area contributed by atoms with Crippen LogP contribution in [0.3, 0.4) is 0 Å². The Labute approximate surface area is 152 Å². The number of aromatic nitrogens is 2. The number of benzene rings is 2. The van der Waals surface area contributed by atoms with E-state index in [0.29, 0.717) is 11.3 Å². The molecule has 3 rings (SSSR count). The zero-order valence-corrected chi connectivity index (χ0v) is 14.9. The van der Waals surface area contributed by atoms with Crippen LogP contribution in [0, 0.1) is 0 Å². The SMILES string of the molecule is COc1ccc([C@H](C)NC(=O)c2cn[nH]c2-c2cccc(OC)c2)cc1. The number of methoxy groups -OCH3 is 2. The van der Waals surface area contributed by atoms with E-state index >= 15 is 0 Å². The number of ether oxygens (including phenoxy) is 2. The van der Waals surface area contributed by atoms with Crippen molar-refractivity contribution >= 4 is 5.91 Å². The zero-order chi connectivity index (χ0) is 18.5. The molecule has 1 amide bonds. The number of H-pyrrole nitrogens is 1. The van der Waals surface area contributed by atoms with Gasteiger partial charge in [0.25, 0.3) is 5.91 Å². The van der Waals surface area contributed by atoms with Crippen molar-refractivity contribution in [1.29, 1.82) is 0 Å². The van der Waals surface area contributed by atoms with Crippen LogP contribution >= 0.6 is 0 Å². The van der Waals surface area contributed by atoms with Crippen molar-refractivity contribution in [2.75, 3.05) is 14.2 Å². The number of hydrogen-bond donors (Lipinski definition) is 2. The van der Waals surface area contributed by atoms with Gasteiger partial charge in [0.1, 0.15) is 11.5 Å². The normalized spacial score (nSPS) is 11.7. The monoisotopic (exact) mass is 351 g/mol. The third-order valence-electron chi connectivity index (χ3n) is 4.21. The van der Waals surface area contributed by atoms with Crippen molar-refractivity contribution in [3.8, 4) is 22.8 Å². The second-order valence-corrected chi connectivity index (χ2v) is 5.86. The van der Waals surface area contributed by atoms with Gasteiger partial charge in [-0.25, -0.2) is 0 Å². The fraction of sp³-hybridized carbons (Fsp3) is 0.200. The molecule has 0 aliphatic rings. The van der Waals surface area contributed by atoms with Crippen molar-refractivity contribution in [1.82, 2.24) is 15.5 Å². The topological polar surface area (TPSA) is 76.2 Å². The Bertz CT molecular complexity index is 887. The number of hydrogen-bond acceptors (Lipinski definition) is 4. The van der Waals surface area contributed by atoms with Crippen LogP contribution in [0.2, 0.25) is 0 Å². The molecular formula is C20H21N3O3. The second-order valence-electron chi connectivity index (χ2n) is 5.86. The lowest BCUT2D eigenvalue weighted by molar-refractivity contribution is 0.0940. The van der Waals surface area contributed by atoms with Gasteiger partial charge in [-0.15, -0.1) is 0 Å². The zero-order valence-electron chi connectivity index (χ0n) is 14.9. The molecule has 1 heterocycles. The average Bonchev–Trinajstić information content (AvgIpc) is 3.18. The number of nitrogens with one attached hydrogen (secondary N) is 2. The first-order valence-corrected chi connectivity index (χ1v) is 8.25. The molecule has 1 aromatic heterocycles. The highest BCUT2D eigenvalue weighted by molar-refractivity contribution is 6.00. The third kappa shape index (κ3) is 3.69. The van der Waals surface area contributed by atoms with Crippen LogP contribution in [-0.4, -0.2) is 30.3 Å². The second kappa shape index (κ2) is 7.74. The Morgan fingerprint density at radius 2 is 1.81 bits per heavy atom. The number of amides is 1. The lowest BCUT2D eigenvalue weighted by Crippen LogP contribution is -2.26. The van der Waals surface area contributed by atoms with Crippen molar-refractivity contribution in [2.45, 2.75) is 13.0 Å². The molecule has 0 fully saturated rings. The van der Waals surface area contributed by atoms with Crippen molar-refractivity contribution in [2.24, 2.45) is 0 Å². The standard InChI is InChI=1S/C20H21N3O3/c1-13(14-7-9-16(25-2)10-8-14)22-20(24)18-12-21-23-19(18)15-5-4-6-17(11-15)26-3/h4-13H,1-3H3,(H,21,23)(H,22,24)/t13-/m0/s1. The lowest BCUT2D eigenvalue weighted by Gasteiger charge is -2.15. The van der Waals surface area contributed by atoms with E-state index in [1.54, 1.807) is 14.2 Å². The minimum Gasteiger partial charge on any atom is -0.497 e. The molecule has 6 nitrogen and oxygen atoms in total. The summed E-state index contributed by atoms with van der Waals surface area (Å²) in [5, 5.41) is 9.94. The van der Waals surface area contributed by atoms with E-state index in [1.165, 1.54) is 6.20 Å². The minimum absolute atomic E-state index is 0.151. The molecule has 1 atom stereocenters. The summed E-state index contributed by atoms with van der Waals surface area (Å²) in [6, 6.07) is 14.9. The molecule has 0 aliphatic heterocycles. The van der Waals surface area contributed by atoms with E-state index in [1.807, 2.05) is 55.5 Å². The first-order valence-electron chi connectivity index (χ1n) is 8.25. The van der Waals surface area contributed by atoms with E-state index in [0.717, 1.165) is 22.6 Å². The molecule has 0 saturated carbocycles. The van der Waals surface area contributed by atoms with Gasteiger partial charge < -0.3 is 14.8 Å². The number of aromatic amines is 1. The van der Waals surface area contributed by atoms with Gasteiger partial charge in [0, 0.05) is 5.56 Å². The summed E-state index contributed by atoms with van der Waals surface area (Å²) in [4.78, 5) is 12.7. The van der Waals surface area contributed by atoms with Crippen LogP contribution in [-0.2, 0) is 0 Å². The van der Waals surface area contributed by atoms with E-state index in [2.05, 4.69) is 15.5 Å². The van der Waals surface area contributed by atoms with E-state index in [4.69, 9.17) is 9.47 Å². The molecule has 0 unspecified atom stereocenters. The van der Waals surface area contributed by atoms with Gasteiger partial charge in [-0.3, -0.25) is 9.89 Å². The highest BCUT2D eigenvalue weighted by Gasteiger charge is 2.18. The van der Waals surface area contributed by atoms with Crippen LogP contribution in [0.1, 0.15) is 28.9 Å². The molecule has 0 saturated heterocycles. The highest BCUT2D eigenvalue weighted by Crippen LogP contribution is 2.25. The molecule has 26 heavy (non-hydrogen) atoms. The number of carbonyl (C=O) groups is 1. The van der Waals surface area contributed by atoms with Crippen LogP contribution < -0.4 is 14.8 Å². The summed E-state index contributed by atoms with van der Waals surface area (Å²) >= 11 is 0. The molecule has 0 radical (unpaired) electrons. The molecule has 6 heteroatoms. The Morgan fingerprint density at radius 3 is 2.50 bits per heavy atom. The Kier molecular flexibility index (Phi) is 5.22. The Hall–Kier alpha value is -3.28. The first kappa shape index (κ1) is 17.5. The first-order chi connectivity index (χ1) is 12.6. The minimum atomic E-state index is -0.195. The molecule has 0 aliphatic carbocycles. The largest absolute Gasteiger partial charge is 0.497 e. The molecule has 134 valence electrons. The summed E-state index contributed by atoms with van der Waals surface area (Å²) in [6.07, 6.45) is 1.53. The summed E-state index contributed by atoms with van der Waals surface area (Å²) in [7, 11) is 3.23. The quantitative estimate of drug-likeness (QED) is 0.712. The van der Waals surface area contributed by atoms with E-state index < -0.39 is 0 Å². The Morgan fingerprint density at radius 1 is 1.08 bits per heavy atom. The van der Waals surface area contributed by atoms with Gasteiger partial charge >= 0.3 is 0 Å². The average molecular weight is 351 g/mol. The smallest absolute Gasteiger partial charge is 0.255 e. The van der Waals surface area contributed by atoms with Crippen LogP contribution in [0.15, 0.2) is 54.7 Å². The van der Waals surface area contributed by atoms with Gasteiger partial charge in [-0.2, -0.15) is 5.10 Å². The fourth-order valence-corrected chi connectivity index (χ4v) is 2.71. The maximum Gasteiger partial charge on any atom is 0.255 e. The van der Waals surface area contributed by atoms with E-state index in [-0.39, 0.29) is 11.9 Å². The summed E-state index contributed by atoms with van der Waals surface area (Å²) in [6.45, 7) is 1.94. The number of nitrogens with zero attached hydrogens (tertiary/aromatic N) is 1. The fourth-order valence-electron chi connectivity index (χ4n) is 2.71. The van der Waals surface area contributed by atoms with Gasteiger partial charge in [-0.05, 0) is 36.8 Å². The maximum absolute atomic E-state index is 12.7. The van der Waals surface area contributed by atoms with Gasteiger partial charge in [0.2, 0.25) is 0 Å². The molecule has 0 spiro atoms. The molecule has 0 bridgehead atoms. The lowest BCUT2D eigenvalue weighted by atomic mass is 10.1. The summed E-state index contributed by atoms with van der Waals surface area (Å²) < 4.78 is 10.4. The van der Waals surface area contributed by atoms with Gasteiger partial charge in [0.05, 0.1) is 37.7 Å². The molecular weight excluding hydrogens is 330 g/mol. The van der Waals surface area contributed by atoms with Gasteiger partial charge in [-0.1, -0.05) is 24.3 Å². The highest BCUT2D eigenvalue weighted by atomic mass is 16.5.